The van der Waals surface area contributed by atoms with Crippen molar-refractivity contribution < 1.29 is 18.3 Å². The molecular formula is C13H10F2O2S. The van der Waals surface area contributed by atoms with Crippen LogP contribution in [0.3, 0.4) is 0 Å². The molecule has 0 saturated heterocycles. The van der Waals surface area contributed by atoms with Crippen LogP contribution in [0.4, 0.5) is 8.78 Å². The van der Waals surface area contributed by atoms with Crippen LogP contribution in [0.5, 0.6) is 5.75 Å². The van der Waals surface area contributed by atoms with Crippen LogP contribution in [0.15, 0.2) is 35.7 Å². The molecule has 0 unspecified atom stereocenters. The van der Waals surface area contributed by atoms with E-state index in [0.29, 0.717) is 5.56 Å². The topological polar surface area (TPSA) is 26.3 Å². The van der Waals surface area contributed by atoms with Crippen molar-refractivity contribution in [3.8, 4) is 5.75 Å². The molecule has 0 amide bonds. The third-order valence-corrected chi connectivity index (χ3v) is 3.20. The normalized spacial score (nSPS) is 10.7. The van der Waals surface area contributed by atoms with E-state index in [1.54, 1.807) is 23.6 Å². The van der Waals surface area contributed by atoms with Crippen LogP contribution >= 0.6 is 11.3 Å². The van der Waals surface area contributed by atoms with Gasteiger partial charge in [0.2, 0.25) is 0 Å². The Labute approximate surface area is 107 Å². The lowest BCUT2D eigenvalue weighted by Crippen LogP contribution is -2.08. The molecule has 0 radical (unpaired) electrons. The van der Waals surface area contributed by atoms with Gasteiger partial charge in [0.15, 0.2) is 5.78 Å². The molecule has 0 aliphatic carbocycles. The molecule has 0 atom stereocenters. The number of halogens is 2. The lowest BCUT2D eigenvalue weighted by Gasteiger charge is -2.08. The second kappa shape index (κ2) is 5.27. The quantitative estimate of drug-likeness (QED) is 0.786. The Hall–Kier alpha value is -1.75. The number of aryl methyl sites for hydroxylation is 1. The molecule has 0 bridgehead atoms. The van der Waals surface area contributed by atoms with Crippen LogP contribution in [-0.4, -0.2) is 12.4 Å². The second-order valence-corrected chi connectivity index (χ2v) is 4.77. The van der Waals surface area contributed by atoms with Crippen molar-refractivity contribution in [3.63, 3.8) is 0 Å². The summed E-state index contributed by atoms with van der Waals surface area (Å²) >= 11 is 1.44. The predicted molar refractivity (Wildman–Crippen MR) is 65.6 cm³/mol. The van der Waals surface area contributed by atoms with E-state index in [1.165, 1.54) is 23.5 Å². The fourth-order valence-corrected chi connectivity index (χ4v) is 2.25. The van der Waals surface area contributed by atoms with Gasteiger partial charge in [-0.2, -0.15) is 8.78 Å². The van der Waals surface area contributed by atoms with Crippen LogP contribution in [-0.2, 0) is 0 Å². The van der Waals surface area contributed by atoms with Crippen LogP contribution in [0, 0.1) is 6.92 Å². The Morgan fingerprint density at radius 1 is 1.33 bits per heavy atom. The first-order chi connectivity index (χ1) is 8.58. The van der Waals surface area contributed by atoms with Crippen molar-refractivity contribution in [3.05, 3.63) is 51.7 Å². The van der Waals surface area contributed by atoms with Crippen molar-refractivity contribution in [1.82, 2.24) is 0 Å². The van der Waals surface area contributed by atoms with Crippen LogP contribution < -0.4 is 4.74 Å². The summed E-state index contributed by atoms with van der Waals surface area (Å²) in [4.78, 5) is 13.1. The lowest BCUT2D eigenvalue weighted by molar-refractivity contribution is -0.0501. The summed E-state index contributed by atoms with van der Waals surface area (Å²) in [5.41, 5.74) is 0.637. The minimum Gasteiger partial charge on any atom is -0.434 e. The number of rotatable bonds is 4. The van der Waals surface area contributed by atoms with Gasteiger partial charge >= 0.3 is 6.61 Å². The molecule has 0 aliphatic heterocycles. The highest BCUT2D eigenvalue weighted by Crippen LogP contribution is 2.25. The highest BCUT2D eigenvalue weighted by atomic mass is 32.1. The summed E-state index contributed by atoms with van der Waals surface area (Å²) in [6.45, 7) is -1.06. The van der Waals surface area contributed by atoms with Crippen LogP contribution in [0.2, 0.25) is 0 Å². The first-order valence-electron chi connectivity index (χ1n) is 5.21. The molecule has 1 heterocycles. The zero-order valence-corrected chi connectivity index (χ0v) is 10.3. The van der Waals surface area contributed by atoms with Gasteiger partial charge in [-0.05, 0) is 25.1 Å². The Morgan fingerprint density at radius 2 is 2.06 bits per heavy atom. The third-order valence-electron chi connectivity index (χ3n) is 2.34. The number of alkyl halides is 2. The molecule has 18 heavy (non-hydrogen) atoms. The molecule has 0 N–H and O–H groups in total. The molecule has 0 aliphatic rings. The van der Waals surface area contributed by atoms with Gasteiger partial charge in [-0.1, -0.05) is 12.1 Å². The largest absolute Gasteiger partial charge is 0.434 e. The summed E-state index contributed by atoms with van der Waals surface area (Å²) in [6.07, 6.45) is 0. The molecule has 0 saturated carbocycles. The van der Waals surface area contributed by atoms with Crippen molar-refractivity contribution in [2.75, 3.05) is 0 Å². The van der Waals surface area contributed by atoms with Crippen LogP contribution in [0.1, 0.15) is 20.8 Å². The summed E-state index contributed by atoms with van der Waals surface area (Å²) in [6, 6.07) is 7.73. The first-order valence-corrected chi connectivity index (χ1v) is 6.09. The second-order valence-electron chi connectivity index (χ2n) is 3.65. The molecule has 1 aromatic carbocycles. The SMILES string of the molecule is Cc1cc(C(=O)c2ccccc2OC(F)F)cs1. The Bertz CT molecular complexity index is 564. The highest BCUT2D eigenvalue weighted by Gasteiger charge is 2.17. The number of para-hydroxylation sites is 1. The van der Waals surface area contributed by atoms with E-state index >= 15 is 0 Å². The number of ether oxygens (including phenoxy) is 1. The Kier molecular flexibility index (Phi) is 3.72. The number of thiophene rings is 1. The molecule has 2 aromatic rings. The van der Waals surface area contributed by atoms with E-state index in [4.69, 9.17) is 0 Å². The van der Waals surface area contributed by atoms with E-state index in [-0.39, 0.29) is 17.1 Å². The molecule has 2 nitrogen and oxygen atoms in total. The number of hydrogen-bond donors (Lipinski definition) is 0. The van der Waals surface area contributed by atoms with Gasteiger partial charge in [0.1, 0.15) is 5.75 Å². The fourth-order valence-electron chi connectivity index (χ4n) is 1.57. The number of ketones is 1. The maximum absolute atomic E-state index is 12.2. The monoisotopic (exact) mass is 268 g/mol. The molecule has 2 rings (SSSR count). The summed E-state index contributed by atoms with van der Waals surface area (Å²) < 4.78 is 28.8. The van der Waals surface area contributed by atoms with E-state index in [9.17, 15) is 13.6 Å². The average Bonchev–Trinajstić information content (AvgIpc) is 2.75. The minimum atomic E-state index is -2.94. The molecule has 0 fully saturated rings. The van der Waals surface area contributed by atoms with E-state index in [1.807, 2.05) is 6.92 Å². The van der Waals surface area contributed by atoms with Gasteiger partial charge in [-0.15, -0.1) is 11.3 Å². The number of benzene rings is 1. The van der Waals surface area contributed by atoms with Gasteiger partial charge in [-0.3, -0.25) is 4.79 Å². The van der Waals surface area contributed by atoms with E-state index in [0.717, 1.165) is 4.88 Å². The van der Waals surface area contributed by atoms with Gasteiger partial charge < -0.3 is 4.74 Å². The molecule has 5 heteroatoms. The predicted octanol–water partition coefficient (Wildman–Crippen LogP) is 3.89. The van der Waals surface area contributed by atoms with Crippen molar-refractivity contribution >= 4 is 17.1 Å². The molecule has 1 aromatic heterocycles. The van der Waals surface area contributed by atoms with Crippen molar-refractivity contribution in [2.24, 2.45) is 0 Å². The standard InChI is InChI=1S/C13H10F2O2S/c1-8-6-9(7-18-8)12(16)10-4-2-3-5-11(10)17-13(14)15/h2-7,13H,1H3. The number of hydrogen-bond acceptors (Lipinski definition) is 3. The molecular weight excluding hydrogens is 258 g/mol. The van der Waals surface area contributed by atoms with E-state index in [2.05, 4.69) is 4.74 Å². The van der Waals surface area contributed by atoms with E-state index < -0.39 is 6.61 Å². The lowest BCUT2D eigenvalue weighted by atomic mass is 10.0. The smallest absolute Gasteiger partial charge is 0.387 e. The van der Waals surface area contributed by atoms with Crippen molar-refractivity contribution in [1.29, 1.82) is 0 Å². The van der Waals surface area contributed by atoms with Crippen LogP contribution in [0.25, 0.3) is 0 Å². The summed E-state index contributed by atoms with van der Waals surface area (Å²) in [7, 11) is 0. The van der Waals surface area contributed by atoms with Gasteiger partial charge in [0.25, 0.3) is 0 Å². The number of carbonyl (C=O) groups excluding carboxylic acids is 1. The molecule has 0 spiro atoms. The summed E-state index contributed by atoms with van der Waals surface area (Å²) in [5, 5.41) is 1.71. The highest BCUT2D eigenvalue weighted by molar-refractivity contribution is 7.10. The molecule has 94 valence electrons. The summed E-state index contributed by atoms with van der Waals surface area (Å²) in [5.74, 6) is -0.406. The Morgan fingerprint density at radius 3 is 2.67 bits per heavy atom. The van der Waals surface area contributed by atoms with Gasteiger partial charge in [0.05, 0.1) is 5.56 Å². The number of carbonyl (C=O) groups is 1. The first kappa shape index (κ1) is 12.7. The Balaban J connectivity index is 2.35. The zero-order chi connectivity index (χ0) is 13.1. The van der Waals surface area contributed by atoms with Gasteiger partial charge in [0, 0.05) is 15.8 Å². The maximum atomic E-state index is 12.2. The maximum Gasteiger partial charge on any atom is 0.387 e. The minimum absolute atomic E-state index is 0.0960. The average molecular weight is 268 g/mol. The van der Waals surface area contributed by atoms with Gasteiger partial charge in [-0.25, -0.2) is 0 Å². The fraction of sp³-hybridized carbons (Fsp3) is 0.154. The third kappa shape index (κ3) is 2.73. The zero-order valence-electron chi connectivity index (χ0n) is 9.52. The van der Waals surface area contributed by atoms with Crippen molar-refractivity contribution in [2.45, 2.75) is 13.5 Å².